The largest absolute Gasteiger partial charge is 0.473 e. The third-order valence-corrected chi connectivity index (χ3v) is 5.22. The zero-order valence-electron chi connectivity index (χ0n) is 14.9. The van der Waals surface area contributed by atoms with E-state index >= 15 is 0 Å². The second-order valence-corrected chi connectivity index (χ2v) is 6.98. The van der Waals surface area contributed by atoms with Crippen LogP contribution in [0, 0.1) is 0 Å². The van der Waals surface area contributed by atoms with Crippen LogP contribution in [0.25, 0.3) is 0 Å². The Hall–Kier alpha value is -2.49. The maximum Gasteiger partial charge on any atom is 0.388 e. The molecule has 3 atom stereocenters. The highest BCUT2D eigenvalue weighted by atomic mass is 19.3. The van der Waals surface area contributed by atoms with Gasteiger partial charge in [-0.25, -0.2) is 5.10 Å². The van der Waals surface area contributed by atoms with E-state index < -0.39 is 6.61 Å². The Balaban J connectivity index is 1.38. The van der Waals surface area contributed by atoms with E-state index in [-0.39, 0.29) is 12.0 Å². The average molecular weight is 380 g/mol. The van der Waals surface area contributed by atoms with Crippen LogP contribution in [0.5, 0.6) is 11.8 Å². The van der Waals surface area contributed by atoms with Gasteiger partial charge in [0, 0.05) is 18.2 Å². The molecule has 0 saturated carbocycles. The molecule has 0 radical (unpaired) electrons. The normalized spacial score (nSPS) is 25.4. The first-order valence-corrected chi connectivity index (χ1v) is 9.04. The molecule has 2 bridgehead atoms. The minimum Gasteiger partial charge on any atom is -0.473 e. The number of ether oxygens (including phenoxy) is 2. The van der Waals surface area contributed by atoms with Crippen molar-refractivity contribution in [3.05, 3.63) is 18.5 Å². The molecule has 2 aromatic heterocycles. The Labute approximate surface area is 155 Å². The molecule has 0 spiro atoms. The second kappa shape index (κ2) is 7.63. The predicted octanol–water partition coefficient (Wildman–Crippen LogP) is 2.94. The van der Waals surface area contributed by atoms with Gasteiger partial charge in [0.1, 0.15) is 6.10 Å². The van der Waals surface area contributed by atoms with Crippen molar-refractivity contribution in [1.82, 2.24) is 25.1 Å². The number of hydrogen-bond donors (Lipinski definition) is 2. The molecular weight excluding hydrogens is 358 g/mol. The van der Waals surface area contributed by atoms with Crippen molar-refractivity contribution in [3.63, 3.8) is 0 Å². The molecule has 4 rings (SSSR count). The monoisotopic (exact) mass is 380 g/mol. The minimum absolute atomic E-state index is 0.123. The van der Waals surface area contributed by atoms with Crippen LogP contribution in [0.4, 0.5) is 20.4 Å². The van der Waals surface area contributed by atoms with Gasteiger partial charge in [0.25, 0.3) is 0 Å². The summed E-state index contributed by atoms with van der Waals surface area (Å²) in [6, 6.07) is 2.45. The van der Waals surface area contributed by atoms with Crippen molar-refractivity contribution in [2.24, 2.45) is 0 Å². The molecule has 146 valence electrons. The lowest BCUT2D eigenvalue weighted by atomic mass is 9.83. The number of aromatic amines is 1. The average Bonchev–Trinajstić information content (AvgIpc) is 3.02. The van der Waals surface area contributed by atoms with Crippen LogP contribution in [-0.2, 0) is 0 Å². The van der Waals surface area contributed by atoms with Crippen LogP contribution in [0.1, 0.15) is 32.1 Å². The SMILES string of the molecule is CN1[C@@H]2CCC[C@H]1CC(Oc1cncc(Nc3cc(OC(F)F)[nH]n3)n1)C2. The van der Waals surface area contributed by atoms with Gasteiger partial charge in [0.15, 0.2) is 11.6 Å². The summed E-state index contributed by atoms with van der Waals surface area (Å²) in [6.07, 6.45) is 8.89. The lowest BCUT2D eigenvalue weighted by Gasteiger charge is -2.46. The Bertz CT molecular complexity index is 759. The van der Waals surface area contributed by atoms with Gasteiger partial charge in [-0.05, 0) is 32.7 Å². The minimum atomic E-state index is -2.91. The molecule has 2 fully saturated rings. The van der Waals surface area contributed by atoms with Crippen LogP contribution in [0.2, 0.25) is 0 Å². The van der Waals surface area contributed by atoms with Gasteiger partial charge >= 0.3 is 6.61 Å². The van der Waals surface area contributed by atoms with E-state index in [1.54, 1.807) is 6.20 Å². The Morgan fingerprint density at radius 3 is 2.74 bits per heavy atom. The summed E-state index contributed by atoms with van der Waals surface area (Å²) in [7, 11) is 2.20. The second-order valence-electron chi connectivity index (χ2n) is 6.98. The predicted molar refractivity (Wildman–Crippen MR) is 93.4 cm³/mol. The van der Waals surface area contributed by atoms with E-state index in [2.05, 4.69) is 42.2 Å². The molecule has 4 heterocycles. The zero-order valence-corrected chi connectivity index (χ0v) is 14.9. The number of alkyl halides is 2. The number of nitrogens with zero attached hydrogens (tertiary/aromatic N) is 4. The van der Waals surface area contributed by atoms with Gasteiger partial charge in [-0.3, -0.25) is 4.98 Å². The van der Waals surface area contributed by atoms with E-state index in [4.69, 9.17) is 4.74 Å². The molecule has 0 amide bonds. The highest BCUT2D eigenvalue weighted by molar-refractivity contribution is 5.51. The fraction of sp³-hybridized carbons (Fsp3) is 0.588. The van der Waals surface area contributed by atoms with Crippen molar-refractivity contribution < 1.29 is 18.3 Å². The zero-order chi connectivity index (χ0) is 18.8. The summed E-state index contributed by atoms with van der Waals surface area (Å²) in [5.74, 6) is 1.01. The molecule has 2 aromatic rings. The summed E-state index contributed by atoms with van der Waals surface area (Å²) in [5.41, 5.74) is 0. The molecule has 0 aromatic carbocycles. The number of nitrogens with one attached hydrogen (secondary N) is 2. The fourth-order valence-electron chi connectivity index (χ4n) is 3.95. The molecule has 2 aliphatic heterocycles. The topological polar surface area (TPSA) is 88.2 Å². The van der Waals surface area contributed by atoms with Crippen molar-refractivity contribution in [1.29, 1.82) is 0 Å². The van der Waals surface area contributed by atoms with Gasteiger partial charge < -0.3 is 19.7 Å². The highest BCUT2D eigenvalue weighted by Crippen LogP contribution is 2.34. The van der Waals surface area contributed by atoms with Crippen LogP contribution in [0.3, 0.4) is 0 Å². The lowest BCUT2D eigenvalue weighted by Crippen LogP contribution is -2.52. The quantitative estimate of drug-likeness (QED) is 0.797. The maximum absolute atomic E-state index is 12.2. The number of aromatic nitrogens is 4. The Morgan fingerprint density at radius 2 is 2.00 bits per heavy atom. The van der Waals surface area contributed by atoms with Crippen molar-refractivity contribution in [3.8, 4) is 11.8 Å². The number of H-pyrrole nitrogens is 1. The number of hydrogen-bond acceptors (Lipinski definition) is 7. The third kappa shape index (κ3) is 4.26. The number of rotatable bonds is 6. The fourth-order valence-corrected chi connectivity index (χ4v) is 3.95. The standard InChI is InChI=1S/C17H22F2N6O2/c1-25-10-3-2-4-11(25)6-12(5-10)26-16-9-20-8-14(22-16)21-13-7-15(24-23-13)27-17(18)19/h7-12,17H,2-6H2,1H3,(H2,21,22,23,24)/t10-,11+,12?. The van der Waals surface area contributed by atoms with Gasteiger partial charge in [0.2, 0.25) is 11.8 Å². The first-order chi connectivity index (χ1) is 13.1. The molecule has 0 aliphatic carbocycles. The number of piperidine rings is 2. The number of halogens is 2. The van der Waals surface area contributed by atoms with Crippen LogP contribution in [-0.4, -0.2) is 56.9 Å². The molecule has 27 heavy (non-hydrogen) atoms. The maximum atomic E-state index is 12.2. The van der Waals surface area contributed by atoms with Gasteiger partial charge in [-0.15, -0.1) is 0 Å². The van der Waals surface area contributed by atoms with Gasteiger partial charge in [-0.1, -0.05) is 6.42 Å². The number of fused-ring (bicyclic) bond motifs is 2. The summed E-state index contributed by atoms with van der Waals surface area (Å²) in [4.78, 5) is 11.0. The van der Waals surface area contributed by atoms with E-state index in [1.165, 1.54) is 31.5 Å². The molecule has 1 unspecified atom stereocenters. The summed E-state index contributed by atoms with van der Waals surface area (Å²) >= 11 is 0. The highest BCUT2D eigenvalue weighted by Gasteiger charge is 2.37. The van der Waals surface area contributed by atoms with E-state index in [0.717, 1.165) is 12.8 Å². The van der Waals surface area contributed by atoms with Gasteiger partial charge in [0.05, 0.1) is 12.4 Å². The molecule has 2 N–H and O–H groups in total. The molecule has 2 aliphatic rings. The summed E-state index contributed by atoms with van der Waals surface area (Å²) < 4.78 is 34.7. The molecule has 2 saturated heterocycles. The van der Waals surface area contributed by atoms with Crippen LogP contribution in [0.15, 0.2) is 18.5 Å². The van der Waals surface area contributed by atoms with E-state index in [1.807, 2.05) is 0 Å². The van der Waals surface area contributed by atoms with Crippen molar-refractivity contribution >= 4 is 11.6 Å². The lowest BCUT2D eigenvalue weighted by molar-refractivity contribution is -0.0528. The summed E-state index contributed by atoms with van der Waals surface area (Å²) in [5, 5.41) is 9.11. The van der Waals surface area contributed by atoms with E-state index in [0.29, 0.717) is 29.6 Å². The van der Waals surface area contributed by atoms with Gasteiger partial charge in [-0.2, -0.15) is 18.9 Å². The van der Waals surface area contributed by atoms with Crippen LogP contribution < -0.4 is 14.8 Å². The molecule has 8 nitrogen and oxygen atoms in total. The molecular formula is C17H22F2N6O2. The smallest absolute Gasteiger partial charge is 0.388 e. The van der Waals surface area contributed by atoms with Crippen molar-refractivity contribution in [2.75, 3.05) is 12.4 Å². The Kier molecular flexibility index (Phi) is 5.06. The molecule has 10 heteroatoms. The first-order valence-electron chi connectivity index (χ1n) is 9.04. The van der Waals surface area contributed by atoms with Crippen LogP contribution >= 0.6 is 0 Å². The van der Waals surface area contributed by atoms with Crippen molar-refractivity contribution in [2.45, 2.75) is 56.9 Å². The van der Waals surface area contributed by atoms with E-state index in [9.17, 15) is 8.78 Å². The first kappa shape index (κ1) is 17.9. The number of anilines is 2. The Morgan fingerprint density at radius 1 is 1.22 bits per heavy atom. The third-order valence-electron chi connectivity index (χ3n) is 5.22. The summed E-state index contributed by atoms with van der Waals surface area (Å²) in [6.45, 7) is -2.91.